The van der Waals surface area contributed by atoms with Crippen LogP contribution in [0.2, 0.25) is 0 Å². The van der Waals surface area contributed by atoms with Crippen molar-refractivity contribution in [3.05, 3.63) is 47.7 Å². The number of aryl methyl sites for hydroxylation is 1. The summed E-state index contributed by atoms with van der Waals surface area (Å²) in [7, 11) is -1.51. The van der Waals surface area contributed by atoms with Gasteiger partial charge in [-0.05, 0) is 26.3 Å². The summed E-state index contributed by atoms with van der Waals surface area (Å²) in [4.78, 5) is 18.0. The highest BCUT2D eigenvalue weighted by Crippen LogP contribution is 2.32. The zero-order valence-electron chi connectivity index (χ0n) is 17.8. The molecule has 9 heteroatoms. The zero-order valence-corrected chi connectivity index (χ0v) is 18.6. The minimum Gasteiger partial charge on any atom is -0.383 e. The molecule has 1 N–H and O–H groups in total. The number of hydrogen-bond acceptors (Lipinski definition) is 6. The highest BCUT2D eigenvalue weighted by Gasteiger charge is 2.32. The molecule has 2 atom stereocenters. The summed E-state index contributed by atoms with van der Waals surface area (Å²) in [6.07, 6.45) is 0.488. The Bertz CT molecular complexity index is 1220. The van der Waals surface area contributed by atoms with Crippen LogP contribution in [0, 0.1) is 6.92 Å². The third kappa shape index (κ3) is 4.33. The summed E-state index contributed by atoms with van der Waals surface area (Å²) in [5, 5.41) is 8.22. The summed E-state index contributed by atoms with van der Waals surface area (Å²) < 4.78 is 31.0. The number of hydrogen-bond donors (Lipinski definition) is 1. The zero-order chi connectivity index (χ0) is 22.2. The van der Waals surface area contributed by atoms with E-state index in [1.165, 1.54) is 0 Å². The highest BCUT2D eigenvalue weighted by atomic mass is 32.2. The van der Waals surface area contributed by atoms with E-state index >= 15 is 0 Å². The quantitative estimate of drug-likeness (QED) is 0.629. The number of carbonyl (C=O) groups excluding carboxylic acids is 1. The number of aromatic nitrogens is 3. The van der Waals surface area contributed by atoms with Crippen molar-refractivity contribution in [2.24, 2.45) is 0 Å². The molecule has 31 heavy (non-hydrogen) atoms. The van der Waals surface area contributed by atoms with Gasteiger partial charge in [0, 0.05) is 18.7 Å². The van der Waals surface area contributed by atoms with Gasteiger partial charge in [0.1, 0.15) is 0 Å². The number of amides is 1. The van der Waals surface area contributed by atoms with E-state index in [4.69, 9.17) is 9.72 Å². The van der Waals surface area contributed by atoms with E-state index < -0.39 is 9.84 Å². The van der Waals surface area contributed by atoms with Crippen molar-refractivity contribution in [3.63, 3.8) is 0 Å². The number of carbonyl (C=O) groups is 1. The van der Waals surface area contributed by atoms with E-state index in [1.54, 1.807) is 17.9 Å². The first-order chi connectivity index (χ1) is 14.8. The molecule has 0 radical (unpaired) electrons. The first kappa shape index (κ1) is 21.5. The maximum Gasteiger partial charge on any atom is 0.252 e. The molecule has 8 nitrogen and oxygen atoms in total. The molecule has 3 heterocycles. The van der Waals surface area contributed by atoms with E-state index in [1.807, 2.05) is 44.2 Å². The van der Waals surface area contributed by atoms with Gasteiger partial charge in [-0.15, -0.1) is 0 Å². The molecule has 1 aromatic carbocycles. The maximum absolute atomic E-state index is 13.2. The number of benzene rings is 1. The molecule has 164 valence electrons. The van der Waals surface area contributed by atoms with Gasteiger partial charge in [-0.2, -0.15) is 5.10 Å². The molecule has 4 rings (SSSR count). The molecular formula is C22H26N4O4S. The third-order valence-corrected chi connectivity index (χ3v) is 7.25. The Balaban J connectivity index is 1.88. The third-order valence-electron chi connectivity index (χ3n) is 5.50. The topological polar surface area (TPSA) is 103 Å². The van der Waals surface area contributed by atoms with Crippen molar-refractivity contribution < 1.29 is 17.9 Å². The smallest absolute Gasteiger partial charge is 0.252 e. The molecule has 0 aliphatic carbocycles. The molecule has 1 amide bonds. The largest absolute Gasteiger partial charge is 0.383 e. The van der Waals surface area contributed by atoms with Crippen molar-refractivity contribution in [1.29, 1.82) is 0 Å². The fourth-order valence-corrected chi connectivity index (χ4v) is 5.76. The highest BCUT2D eigenvalue weighted by molar-refractivity contribution is 7.91. The van der Waals surface area contributed by atoms with Gasteiger partial charge in [-0.1, -0.05) is 30.3 Å². The summed E-state index contributed by atoms with van der Waals surface area (Å²) in [6, 6.07) is 10.9. The van der Waals surface area contributed by atoms with E-state index in [0.717, 1.165) is 5.56 Å². The van der Waals surface area contributed by atoms with Crippen LogP contribution in [0.1, 0.15) is 35.4 Å². The van der Waals surface area contributed by atoms with Crippen molar-refractivity contribution in [2.75, 3.05) is 25.2 Å². The number of rotatable bonds is 6. The minimum absolute atomic E-state index is 0.0346. The van der Waals surface area contributed by atoms with Crippen LogP contribution >= 0.6 is 0 Å². The van der Waals surface area contributed by atoms with E-state index in [-0.39, 0.29) is 29.5 Å². The molecule has 1 saturated heterocycles. The Morgan fingerprint density at radius 1 is 1.32 bits per heavy atom. The molecule has 0 saturated carbocycles. The second-order valence-corrected chi connectivity index (χ2v) is 10.3. The first-order valence-electron chi connectivity index (χ1n) is 10.2. The number of methoxy groups -OCH3 is 1. The Morgan fingerprint density at radius 2 is 2.06 bits per heavy atom. The summed E-state index contributed by atoms with van der Waals surface area (Å²) >= 11 is 0. The van der Waals surface area contributed by atoms with E-state index in [0.29, 0.717) is 41.0 Å². The normalized spacial score (nSPS) is 18.9. The Morgan fingerprint density at radius 3 is 2.71 bits per heavy atom. The fraction of sp³-hybridized carbons (Fsp3) is 0.409. The molecule has 1 aliphatic rings. The van der Waals surface area contributed by atoms with Crippen LogP contribution in [0.3, 0.4) is 0 Å². The molecule has 0 spiro atoms. The number of nitrogens with one attached hydrogen (secondary N) is 1. The lowest BCUT2D eigenvalue weighted by Gasteiger charge is -2.15. The van der Waals surface area contributed by atoms with Crippen molar-refractivity contribution in [2.45, 2.75) is 32.4 Å². The molecule has 2 aromatic heterocycles. The predicted molar refractivity (Wildman–Crippen MR) is 119 cm³/mol. The second-order valence-electron chi connectivity index (χ2n) is 8.04. The van der Waals surface area contributed by atoms with Crippen LogP contribution < -0.4 is 5.32 Å². The van der Waals surface area contributed by atoms with Crippen LogP contribution in [0.4, 0.5) is 0 Å². The average Bonchev–Trinajstić information content (AvgIpc) is 3.27. The number of nitrogens with zero attached hydrogens (tertiary/aromatic N) is 3. The van der Waals surface area contributed by atoms with Crippen molar-refractivity contribution >= 4 is 26.8 Å². The summed E-state index contributed by atoms with van der Waals surface area (Å²) in [5.74, 6) is -0.0682. The molecule has 0 unspecified atom stereocenters. The maximum atomic E-state index is 13.2. The first-order valence-corrected chi connectivity index (χ1v) is 12.1. The number of ether oxygens (including phenoxy) is 1. The van der Waals surface area contributed by atoms with Crippen LogP contribution in [-0.2, 0) is 14.6 Å². The van der Waals surface area contributed by atoms with E-state index in [2.05, 4.69) is 10.4 Å². The van der Waals surface area contributed by atoms with Gasteiger partial charge in [-0.25, -0.2) is 18.1 Å². The lowest BCUT2D eigenvalue weighted by atomic mass is 10.0. The van der Waals surface area contributed by atoms with Gasteiger partial charge >= 0.3 is 0 Å². The predicted octanol–water partition coefficient (Wildman–Crippen LogP) is 2.53. The Hall–Kier alpha value is -2.78. The van der Waals surface area contributed by atoms with Gasteiger partial charge in [0.15, 0.2) is 15.5 Å². The number of sulfone groups is 1. The van der Waals surface area contributed by atoms with Crippen LogP contribution in [0.5, 0.6) is 0 Å². The minimum atomic E-state index is -3.10. The monoisotopic (exact) mass is 442 g/mol. The lowest BCUT2D eigenvalue weighted by Crippen LogP contribution is -2.35. The lowest BCUT2D eigenvalue weighted by molar-refractivity contribution is 0.0907. The molecule has 0 bridgehead atoms. The number of fused-ring (bicyclic) bond motifs is 1. The molecule has 1 fully saturated rings. The van der Waals surface area contributed by atoms with Crippen LogP contribution in [0.25, 0.3) is 22.3 Å². The summed E-state index contributed by atoms with van der Waals surface area (Å²) in [6.45, 7) is 4.09. The Kier molecular flexibility index (Phi) is 5.81. The molecule has 3 aromatic rings. The van der Waals surface area contributed by atoms with Gasteiger partial charge in [0.2, 0.25) is 0 Å². The van der Waals surface area contributed by atoms with Crippen LogP contribution in [0.15, 0.2) is 36.4 Å². The molecular weight excluding hydrogens is 416 g/mol. The van der Waals surface area contributed by atoms with Crippen molar-refractivity contribution in [3.8, 4) is 11.3 Å². The SMILES string of the molecule is COC[C@H](C)NC(=O)c1cc(-c2ccccc2)nc2c1c(C)nn2[C@@H]1CCS(=O)(=O)C1. The number of pyridine rings is 1. The van der Waals surface area contributed by atoms with Crippen molar-refractivity contribution in [1.82, 2.24) is 20.1 Å². The van der Waals surface area contributed by atoms with Crippen LogP contribution in [-0.4, -0.2) is 60.4 Å². The van der Waals surface area contributed by atoms with Gasteiger partial charge in [-0.3, -0.25) is 4.79 Å². The van der Waals surface area contributed by atoms with Gasteiger partial charge in [0.25, 0.3) is 5.91 Å². The standard InChI is InChI=1S/C22H26N4O4S/c1-14(12-30-3)23-22(27)18-11-19(16-7-5-4-6-8-16)24-21-20(18)15(2)25-26(21)17-9-10-31(28,29)13-17/h4-8,11,14,17H,9-10,12-13H2,1-3H3,(H,23,27)/t14-,17+/m0/s1. The van der Waals surface area contributed by atoms with E-state index in [9.17, 15) is 13.2 Å². The van der Waals surface area contributed by atoms with Gasteiger partial charge in [0.05, 0.1) is 46.5 Å². The summed E-state index contributed by atoms with van der Waals surface area (Å²) in [5.41, 5.74) is 3.16. The average molecular weight is 443 g/mol. The fourth-order valence-electron chi connectivity index (χ4n) is 4.06. The molecule has 1 aliphatic heterocycles. The van der Waals surface area contributed by atoms with Gasteiger partial charge < -0.3 is 10.1 Å². The Labute approximate surface area is 181 Å². The second kappa shape index (κ2) is 8.39.